The first-order valence-corrected chi connectivity index (χ1v) is 8.70. The fourth-order valence-corrected chi connectivity index (χ4v) is 3.52. The Morgan fingerprint density at radius 3 is 2.48 bits per heavy atom. The molecular formula is C19H23NS. The van der Waals surface area contributed by atoms with Crippen molar-refractivity contribution in [3.8, 4) is 0 Å². The largest absolute Gasteiger partial charge is 0.310 e. The minimum Gasteiger partial charge on any atom is -0.310 e. The van der Waals surface area contributed by atoms with Crippen molar-refractivity contribution in [2.24, 2.45) is 0 Å². The lowest BCUT2D eigenvalue weighted by Gasteiger charge is -2.08. The van der Waals surface area contributed by atoms with Crippen LogP contribution in [-0.4, -0.2) is 6.04 Å². The third kappa shape index (κ3) is 4.62. The van der Waals surface area contributed by atoms with Gasteiger partial charge < -0.3 is 5.32 Å². The Labute approximate surface area is 132 Å². The van der Waals surface area contributed by atoms with E-state index in [9.17, 15) is 0 Å². The summed E-state index contributed by atoms with van der Waals surface area (Å²) in [5, 5.41) is 3.58. The van der Waals surface area contributed by atoms with Crippen molar-refractivity contribution in [1.29, 1.82) is 0 Å². The molecule has 110 valence electrons. The molecule has 1 fully saturated rings. The number of hydrogen-bond donors (Lipinski definition) is 1. The van der Waals surface area contributed by atoms with Crippen LogP contribution in [0.3, 0.4) is 0 Å². The first-order valence-electron chi connectivity index (χ1n) is 7.71. The first kappa shape index (κ1) is 14.7. The van der Waals surface area contributed by atoms with Crippen LogP contribution in [0.25, 0.3) is 0 Å². The van der Waals surface area contributed by atoms with E-state index in [0.717, 1.165) is 18.3 Å². The monoisotopic (exact) mass is 297 g/mol. The predicted octanol–water partition coefficient (Wildman–Crippen LogP) is 4.85. The Morgan fingerprint density at radius 1 is 1.00 bits per heavy atom. The average Bonchev–Trinajstić information content (AvgIpc) is 3.27. The van der Waals surface area contributed by atoms with E-state index in [0.29, 0.717) is 0 Å². The number of rotatable bonds is 6. The molecule has 0 unspecified atom stereocenters. The van der Waals surface area contributed by atoms with Gasteiger partial charge in [0, 0.05) is 23.2 Å². The number of benzene rings is 2. The zero-order chi connectivity index (χ0) is 14.7. The van der Waals surface area contributed by atoms with Crippen LogP contribution in [0.4, 0.5) is 0 Å². The normalized spacial score (nSPS) is 14.4. The van der Waals surface area contributed by atoms with Gasteiger partial charge in [0.1, 0.15) is 0 Å². The van der Waals surface area contributed by atoms with Crippen molar-refractivity contribution in [1.82, 2.24) is 5.32 Å². The van der Waals surface area contributed by atoms with Gasteiger partial charge in [-0.15, -0.1) is 11.8 Å². The average molecular weight is 297 g/mol. The number of thioether (sulfide) groups is 1. The lowest BCUT2D eigenvalue weighted by atomic mass is 10.1. The van der Waals surface area contributed by atoms with Crippen molar-refractivity contribution >= 4 is 11.8 Å². The predicted molar refractivity (Wildman–Crippen MR) is 91.8 cm³/mol. The highest BCUT2D eigenvalue weighted by Gasteiger charge is 2.19. The summed E-state index contributed by atoms with van der Waals surface area (Å²) in [6, 6.07) is 16.5. The molecular weight excluding hydrogens is 274 g/mol. The van der Waals surface area contributed by atoms with Crippen LogP contribution in [0.1, 0.15) is 35.1 Å². The molecule has 0 bridgehead atoms. The Bertz CT molecular complexity index is 596. The molecule has 1 saturated carbocycles. The molecule has 1 N–H and O–H groups in total. The molecule has 2 aromatic rings. The van der Waals surface area contributed by atoms with E-state index in [1.54, 1.807) is 0 Å². The topological polar surface area (TPSA) is 12.0 Å². The van der Waals surface area contributed by atoms with Crippen LogP contribution in [0.5, 0.6) is 0 Å². The molecule has 0 spiro atoms. The van der Waals surface area contributed by atoms with Crippen LogP contribution in [0.15, 0.2) is 47.4 Å². The van der Waals surface area contributed by atoms with Crippen LogP contribution in [0, 0.1) is 13.8 Å². The molecule has 0 atom stereocenters. The van der Waals surface area contributed by atoms with E-state index < -0.39 is 0 Å². The van der Waals surface area contributed by atoms with E-state index in [1.165, 1.54) is 40.0 Å². The Morgan fingerprint density at radius 2 is 1.76 bits per heavy atom. The van der Waals surface area contributed by atoms with Crippen molar-refractivity contribution < 1.29 is 0 Å². The second kappa shape index (κ2) is 6.67. The summed E-state index contributed by atoms with van der Waals surface area (Å²) >= 11 is 1.93. The van der Waals surface area contributed by atoms with Crippen molar-refractivity contribution in [2.45, 2.75) is 49.9 Å². The molecule has 0 aromatic heterocycles. The van der Waals surface area contributed by atoms with E-state index >= 15 is 0 Å². The van der Waals surface area contributed by atoms with Gasteiger partial charge in [-0.25, -0.2) is 0 Å². The Balaban J connectivity index is 1.59. The Hall–Kier alpha value is -1.25. The van der Waals surface area contributed by atoms with Gasteiger partial charge in [0.25, 0.3) is 0 Å². The highest BCUT2D eigenvalue weighted by Crippen LogP contribution is 2.25. The number of hydrogen-bond acceptors (Lipinski definition) is 2. The second-order valence-electron chi connectivity index (χ2n) is 6.09. The molecule has 0 saturated heterocycles. The molecule has 1 nitrogen and oxygen atoms in total. The van der Waals surface area contributed by atoms with Gasteiger partial charge in [0.05, 0.1) is 0 Å². The maximum Gasteiger partial charge on any atom is 0.0232 e. The number of aryl methyl sites for hydroxylation is 2. The SMILES string of the molecule is Cc1cc(C)cc(CSc2cccc(CNC3CC3)c2)c1. The summed E-state index contributed by atoms with van der Waals surface area (Å²) in [4.78, 5) is 1.37. The highest BCUT2D eigenvalue weighted by atomic mass is 32.2. The van der Waals surface area contributed by atoms with Crippen LogP contribution >= 0.6 is 11.8 Å². The van der Waals surface area contributed by atoms with Gasteiger partial charge in [-0.3, -0.25) is 0 Å². The first-order chi connectivity index (χ1) is 10.2. The smallest absolute Gasteiger partial charge is 0.0232 e. The molecule has 0 heterocycles. The summed E-state index contributed by atoms with van der Waals surface area (Å²) in [5.41, 5.74) is 5.52. The van der Waals surface area contributed by atoms with Gasteiger partial charge in [-0.2, -0.15) is 0 Å². The van der Waals surface area contributed by atoms with Crippen LogP contribution < -0.4 is 5.32 Å². The highest BCUT2D eigenvalue weighted by molar-refractivity contribution is 7.98. The second-order valence-corrected chi connectivity index (χ2v) is 7.14. The van der Waals surface area contributed by atoms with Crippen LogP contribution in [-0.2, 0) is 12.3 Å². The minimum atomic E-state index is 0.775. The molecule has 0 radical (unpaired) electrons. The van der Waals surface area contributed by atoms with Crippen molar-refractivity contribution in [3.05, 3.63) is 64.7 Å². The number of nitrogens with one attached hydrogen (secondary N) is 1. The van der Waals surface area contributed by atoms with Gasteiger partial charge in [-0.05, 0) is 49.9 Å². The molecule has 3 rings (SSSR count). The lowest BCUT2D eigenvalue weighted by molar-refractivity contribution is 0.687. The fourth-order valence-electron chi connectivity index (χ4n) is 2.61. The summed E-state index contributed by atoms with van der Waals surface area (Å²) in [7, 11) is 0. The molecule has 2 heteroatoms. The zero-order valence-corrected chi connectivity index (χ0v) is 13.7. The standard InChI is InChI=1S/C19H23NS/c1-14-8-15(2)10-17(9-14)13-21-19-5-3-4-16(11-19)12-20-18-6-7-18/h3-5,8-11,18,20H,6-7,12-13H2,1-2H3. The quantitative estimate of drug-likeness (QED) is 0.765. The Kier molecular flexibility index (Phi) is 4.67. The third-order valence-electron chi connectivity index (χ3n) is 3.76. The molecule has 0 aliphatic heterocycles. The molecule has 21 heavy (non-hydrogen) atoms. The fraction of sp³-hybridized carbons (Fsp3) is 0.368. The van der Waals surface area contributed by atoms with Gasteiger partial charge >= 0.3 is 0 Å². The zero-order valence-electron chi connectivity index (χ0n) is 12.9. The van der Waals surface area contributed by atoms with Gasteiger partial charge in [0.2, 0.25) is 0 Å². The van der Waals surface area contributed by atoms with E-state index in [4.69, 9.17) is 0 Å². The molecule has 2 aromatic carbocycles. The maximum atomic E-state index is 3.58. The summed E-state index contributed by atoms with van der Waals surface area (Å²) in [6.45, 7) is 5.35. The van der Waals surface area contributed by atoms with Gasteiger partial charge in [-0.1, -0.05) is 41.5 Å². The summed E-state index contributed by atoms with van der Waals surface area (Å²) in [6.07, 6.45) is 2.70. The van der Waals surface area contributed by atoms with E-state index in [-0.39, 0.29) is 0 Å². The van der Waals surface area contributed by atoms with Crippen molar-refractivity contribution in [3.63, 3.8) is 0 Å². The molecule has 0 amide bonds. The minimum absolute atomic E-state index is 0.775. The van der Waals surface area contributed by atoms with Crippen molar-refractivity contribution in [2.75, 3.05) is 0 Å². The van der Waals surface area contributed by atoms with E-state index in [2.05, 4.69) is 61.6 Å². The lowest BCUT2D eigenvalue weighted by Crippen LogP contribution is -2.15. The van der Waals surface area contributed by atoms with Gasteiger partial charge in [0.15, 0.2) is 0 Å². The van der Waals surface area contributed by atoms with E-state index in [1.807, 2.05) is 11.8 Å². The maximum absolute atomic E-state index is 3.58. The molecule has 1 aliphatic rings. The van der Waals surface area contributed by atoms with Crippen LogP contribution in [0.2, 0.25) is 0 Å². The molecule has 1 aliphatic carbocycles. The third-order valence-corrected chi connectivity index (χ3v) is 4.82. The summed E-state index contributed by atoms with van der Waals surface area (Å²) < 4.78 is 0. The summed E-state index contributed by atoms with van der Waals surface area (Å²) in [5.74, 6) is 1.04.